The number of esters is 1. The SMILES string of the molecule is CC[C@H]1OC(=O)[C@H](C)[C@@H](OC2CC(C)(OC)C(O)C(C)O2)[C@H](C)[C@@H](OC2OC(C)CC(N(C)C)C2O)[C@](C)(OC)C[C@@H](C)C(=O)[C@H](C)[C@H]2N(/N=C/c3cc(-c4cccs4)on3)C(=O)O[C@]12C. The first-order chi connectivity index (χ1) is 31.0. The largest absolute Gasteiger partial charge is 0.458 e. The molecule has 0 aliphatic carbocycles. The zero-order chi connectivity index (χ0) is 48.6. The summed E-state index contributed by atoms with van der Waals surface area (Å²) >= 11 is 1.48. The highest BCUT2D eigenvalue weighted by Crippen LogP contribution is 2.45. The number of thiophene rings is 1. The van der Waals surface area contributed by atoms with Crippen molar-refractivity contribution in [2.45, 2.75) is 179 Å². The summed E-state index contributed by atoms with van der Waals surface area (Å²) in [6.07, 6.45) is -6.81. The second-order valence-corrected chi connectivity index (χ2v) is 20.6. The van der Waals surface area contributed by atoms with Crippen LogP contribution in [-0.2, 0) is 47.5 Å². The number of hydrogen-bond donors (Lipinski definition) is 2. The second kappa shape index (κ2) is 20.7. The monoisotopic (exact) mass is 948 g/mol. The Morgan fingerprint density at radius 2 is 1.68 bits per heavy atom. The van der Waals surface area contributed by atoms with Crippen LogP contribution in [-0.4, -0.2) is 162 Å². The van der Waals surface area contributed by atoms with E-state index in [2.05, 4.69) is 10.3 Å². The van der Waals surface area contributed by atoms with Crippen LogP contribution in [0.2, 0.25) is 0 Å². The van der Waals surface area contributed by atoms with E-state index in [1.54, 1.807) is 54.5 Å². The molecule has 1 amide bonds. The van der Waals surface area contributed by atoms with Crippen molar-refractivity contribution in [3.05, 3.63) is 29.3 Å². The number of nitrogens with zero attached hydrogens (tertiary/aromatic N) is 4. The van der Waals surface area contributed by atoms with Crippen LogP contribution in [0.5, 0.6) is 0 Å². The average Bonchev–Trinajstić information content (AvgIpc) is 4.04. The van der Waals surface area contributed by atoms with Gasteiger partial charge in [-0.3, -0.25) is 9.59 Å². The molecule has 6 heterocycles. The van der Waals surface area contributed by atoms with Gasteiger partial charge in [-0.2, -0.15) is 10.1 Å². The minimum Gasteiger partial charge on any atom is -0.458 e. The fourth-order valence-corrected chi connectivity index (χ4v) is 11.3. The molecule has 4 aliphatic heterocycles. The molecule has 370 valence electrons. The smallest absolute Gasteiger partial charge is 0.431 e. The van der Waals surface area contributed by atoms with Crippen molar-refractivity contribution in [3.63, 3.8) is 0 Å². The van der Waals surface area contributed by atoms with Crippen molar-refractivity contribution in [1.82, 2.24) is 15.1 Å². The number of methoxy groups -OCH3 is 2. The van der Waals surface area contributed by atoms with E-state index in [0.717, 1.165) is 9.89 Å². The maximum absolute atomic E-state index is 15.0. The van der Waals surface area contributed by atoms with E-state index in [9.17, 15) is 19.8 Å². The van der Waals surface area contributed by atoms with Gasteiger partial charge in [0.25, 0.3) is 0 Å². The van der Waals surface area contributed by atoms with Crippen molar-refractivity contribution in [3.8, 4) is 10.6 Å². The molecule has 2 aromatic heterocycles. The number of rotatable bonds is 11. The summed E-state index contributed by atoms with van der Waals surface area (Å²) < 4.78 is 56.8. The number of ether oxygens (including phenoxy) is 8. The molecule has 0 aromatic carbocycles. The highest BCUT2D eigenvalue weighted by Gasteiger charge is 2.61. The number of Topliss-reactive ketones (excluding diaryl/α,β-unsaturated/α-hetero) is 1. The summed E-state index contributed by atoms with van der Waals surface area (Å²) in [6.45, 7) is 17.8. The third kappa shape index (κ3) is 10.3. The van der Waals surface area contributed by atoms with E-state index in [0.29, 0.717) is 17.9 Å². The number of likely N-dealkylation sites (N-methyl/N-ethyl adjacent to an activating group) is 1. The van der Waals surface area contributed by atoms with Gasteiger partial charge in [0.15, 0.2) is 23.9 Å². The molecule has 0 saturated carbocycles. The van der Waals surface area contributed by atoms with Crippen molar-refractivity contribution in [1.29, 1.82) is 0 Å². The summed E-state index contributed by atoms with van der Waals surface area (Å²) in [7, 11) is 6.80. The Balaban J connectivity index is 1.44. The minimum atomic E-state index is -1.58. The number of aliphatic hydroxyl groups excluding tert-OH is 2. The van der Waals surface area contributed by atoms with E-state index in [1.807, 2.05) is 57.3 Å². The lowest BCUT2D eigenvalue weighted by molar-refractivity contribution is -0.319. The number of hydrogen-bond acceptors (Lipinski definition) is 18. The molecule has 2 N–H and O–H groups in total. The summed E-state index contributed by atoms with van der Waals surface area (Å²) in [5.74, 6) is -3.83. The minimum absolute atomic E-state index is 0.0940. The zero-order valence-corrected chi connectivity index (χ0v) is 41.7. The standard InChI is InChI=1S/C47H72N4O14S/c1-15-34-47(10)39(51(44(56)64-47)48-23-30-20-32(65-49-30)33-17-16-18-66-33)26(4)36(52)24(2)21-46(9,58-14)41(63-43-37(53)31(50(11)12)19-25(3)59-43)27(5)38(28(6)42(55)61-34)62-35-22-45(8,57-13)40(54)29(7)60-35/h16-18,20,23-29,31,34-35,37-41,43,53-54H,15,19,21-22H2,1-14H3/b48-23+/t24-,25?,26+,27+,28-,29?,31?,34-,35?,37?,38+,39-,40?,41-,43?,45?,46-,47-/m1/s1. The van der Waals surface area contributed by atoms with Crippen molar-refractivity contribution in [2.24, 2.45) is 28.8 Å². The maximum Gasteiger partial charge on any atom is 0.431 e. The van der Waals surface area contributed by atoms with E-state index >= 15 is 4.79 Å². The van der Waals surface area contributed by atoms with Crippen LogP contribution < -0.4 is 0 Å². The molecule has 4 aliphatic rings. The summed E-state index contributed by atoms with van der Waals surface area (Å²) in [6, 6.07) is 4.10. The number of carbonyl (C=O) groups is 3. The molecule has 8 unspecified atom stereocenters. The highest BCUT2D eigenvalue weighted by atomic mass is 32.1. The van der Waals surface area contributed by atoms with E-state index < -0.39 is 108 Å². The van der Waals surface area contributed by atoms with Gasteiger partial charge in [0, 0.05) is 50.5 Å². The lowest BCUT2D eigenvalue weighted by Crippen LogP contribution is -2.61. The third-order valence-corrected chi connectivity index (χ3v) is 15.5. The van der Waals surface area contributed by atoms with Crippen LogP contribution in [0, 0.1) is 23.7 Å². The fourth-order valence-electron chi connectivity index (χ4n) is 10.6. The molecule has 0 spiro atoms. The molecule has 19 heteroatoms. The van der Waals surface area contributed by atoms with Gasteiger partial charge in [-0.05, 0) is 86.3 Å². The average molecular weight is 949 g/mol. The van der Waals surface area contributed by atoms with Crippen LogP contribution in [0.4, 0.5) is 4.79 Å². The van der Waals surface area contributed by atoms with Crippen molar-refractivity contribution in [2.75, 3.05) is 28.3 Å². The molecule has 4 fully saturated rings. The Morgan fingerprint density at radius 3 is 2.30 bits per heavy atom. The second-order valence-electron chi connectivity index (χ2n) is 19.6. The van der Waals surface area contributed by atoms with E-state index in [1.165, 1.54) is 31.8 Å². The van der Waals surface area contributed by atoms with Crippen molar-refractivity contribution >= 4 is 35.4 Å². The van der Waals surface area contributed by atoms with E-state index in [4.69, 9.17) is 42.4 Å². The van der Waals surface area contributed by atoms with Crippen LogP contribution in [0.15, 0.2) is 33.2 Å². The third-order valence-electron chi connectivity index (χ3n) is 14.6. The number of cyclic esters (lactones) is 1. The van der Waals surface area contributed by atoms with Gasteiger partial charge in [0.05, 0.1) is 52.6 Å². The molecular weight excluding hydrogens is 877 g/mol. The lowest BCUT2D eigenvalue weighted by atomic mass is 9.73. The Morgan fingerprint density at radius 1 is 0.985 bits per heavy atom. The van der Waals surface area contributed by atoms with Crippen molar-refractivity contribution < 1.29 is 67.0 Å². The first kappa shape index (κ1) is 52.0. The lowest BCUT2D eigenvalue weighted by Gasteiger charge is -2.50. The van der Waals surface area contributed by atoms with Gasteiger partial charge < -0.3 is 57.5 Å². The number of aliphatic hydroxyl groups is 2. The Hall–Kier alpha value is -3.37. The van der Waals surface area contributed by atoms with Gasteiger partial charge in [-0.25, -0.2) is 4.79 Å². The predicted molar refractivity (Wildman–Crippen MR) is 242 cm³/mol. The summed E-state index contributed by atoms with van der Waals surface area (Å²) in [4.78, 5) is 46.7. The normalized spacial score (nSPS) is 42.0. The number of aromatic nitrogens is 1. The molecule has 18 nitrogen and oxygen atoms in total. The molecule has 2 aromatic rings. The fraction of sp³-hybridized carbons (Fsp3) is 0.766. The highest BCUT2D eigenvalue weighted by molar-refractivity contribution is 7.13. The predicted octanol–water partition coefficient (Wildman–Crippen LogP) is 5.66. The topological polar surface area (TPSA) is 210 Å². The Kier molecular flexibility index (Phi) is 16.3. The van der Waals surface area contributed by atoms with Crippen LogP contribution in [0.1, 0.15) is 101 Å². The van der Waals surface area contributed by atoms with Crippen LogP contribution >= 0.6 is 11.3 Å². The molecular formula is C47H72N4O14S. The molecule has 18 atom stereocenters. The quantitative estimate of drug-likeness (QED) is 0.206. The molecule has 6 rings (SSSR count). The van der Waals surface area contributed by atoms with Crippen LogP contribution in [0.3, 0.4) is 0 Å². The van der Waals surface area contributed by atoms with Gasteiger partial charge in [0.2, 0.25) is 0 Å². The van der Waals surface area contributed by atoms with Crippen LogP contribution in [0.25, 0.3) is 10.6 Å². The zero-order valence-electron chi connectivity index (χ0n) is 40.9. The number of hydrazone groups is 1. The van der Waals surface area contributed by atoms with Gasteiger partial charge >= 0.3 is 12.1 Å². The first-order valence-electron chi connectivity index (χ1n) is 23.1. The van der Waals surface area contributed by atoms with Gasteiger partial charge in [-0.1, -0.05) is 38.9 Å². The molecule has 4 saturated heterocycles. The number of amides is 1. The molecule has 66 heavy (non-hydrogen) atoms. The Bertz CT molecular complexity index is 2000. The molecule has 0 radical (unpaired) electrons. The maximum atomic E-state index is 15.0. The first-order valence-corrected chi connectivity index (χ1v) is 24.0. The number of carbonyl (C=O) groups excluding carboxylic acids is 3. The number of ketones is 1. The number of fused-ring (bicyclic) bond motifs is 1. The van der Waals surface area contributed by atoms with Gasteiger partial charge in [-0.15, -0.1) is 11.3 Å². The molecule has 0 bridgehead atoms. The van der Waals surface area contributed by atoms with E-state index in [-0.39, 0.29) is 37.2 Å². The van der Waals surface area contributed by atoms with Gasteiger partial charge in [0.1, 0.15) is 35.8 Å². The summed E-state index contributed by atoms with van der Waals surface area (Å²) in [5.41, 5.74) is -3.61. The summed E-state index contributed by atoms with van der Waals surface area (Å²) in [5, 5.41) is 34.6. The Labute approximate surface area is 392 Å².